The lowest BCUT2D eigenvalue weighted by atomic mass is 10.0. The van der Waals surface area contributed by atoms with E-state index < -0.39 is 0 Å². The van der Waals surface area contributed by atoms with E-state index in [2.05, 4.69) is 18.9 Å². The minimum absolute atomic E-state index is 0.922. The Morgan fingerprint density at radius 3 is 2.80 bits per heavy atom. The fourth-order valence-electron chi connectivity index (χ4n) is 1.77. The third-order valence-corrected chi connectivity index (χ3v) is 2.36. The zero-order valence-electron chi connectivity index (χ0n) is 7.27. The fraction of sp³-hybridized carbons (Fsp3) is 1.00. The molecule has 1 nitrogen and oxygen atoms in total. The Bertz CT molecular complexity index is 80.7. The van der Waals surface area contributed by atoms with E-state index in [1.807, 2.05) is 0 Å². The van der Waals surface area contributed by atoms with Crippen LogP contribution in [0, 0.1) is 5.92 Å². The minimum Gasteiger partial charge on any atom is -0.306 e. The van der Waals surface area contributed by atoms with E-state index in [4.69, 9.17) is 0 Å². The first-order valence-corrected chi connectivity index (χ1v) is 4.47. The Morgan fingerprint density at radius 1 is 1.20 bits per heavy atom. The van der Waals surface area contributed by atoms with Gasteiger partial charge in [0.1, 0.15) is 0 Å². The summed E-state index contributed by atoms with van der Waals surface area (Å²) < 4.78 is 0. The average Bonchev–Trinajstić information content (AvgIpc) is 1.83. The van der Waals surface area contributed by atoms with E-state index >= 15 is 0 Å². The van der Waals surface area contributed by atoms with Gasteiger partial charge >= 0.3 is 0 Å². The third kappa shape index (κ3) is 2.70. The van der Waals surface area contributed by atoms with Gasteiger partial charge in [-0.05, 0) is 32.4 Å². The van der Waals surface area contributed by atoms with Gasteiger partial charge in [0.2, 0.25) is 0 Å². The number of hydrogen-bond donors (Lipinski definition) is 0. The molecule has 1 heterocycles. The van der Waals surface area contributed by atoms with Gasteiger partial charge in [0.05, 0.1) is 0 Å². The molecule has 60 valence electrons. The molecule has 0 saturated carbocycles. The average molecular weight is 141 g/mol. The molecule has 0 spiro atoms. The molecule has 0 amide bonds. The summed E-state index contributed by atoms with van der Waals surface area (Å²) in [5.41, 5.74) is 0. The molecule has 0 radical (unpaired) electrons. The molecule has 1 heteroatoms. The van der Waals surface area contributed by atoms with Crippen LogP contribution in [0.4, 0.5) is 0 Å². The molecule has 0 aromatic heterocycles. The zero-order chi connectivity index (χ0) is 7.40. The van der Waals surface area contributed by atoms with Crippen LogP contribution in [-0.4, -0.2) is 25.0 Å². The van der Waals surface area contributed by atoms with Gasteiger partial charge < -0.3 is 4.90 Å². The molecule has 0 unspecified atom stereocenters. The lowest BCUT2D eigenvalue weighted by Crippen LogP contribution is -2.27. The van der Waals surface area contributed by atoms with Crippen LogP contribution >= 0.6 is 0 Å². The minimum atomic E-state index is 0.922. The molecular weight excluding hydrogens is 122 g/mol. The van der Waals surface area contributed by atoms with Crippen molar-refractivity contribution >= 4 is 0 Å². The summed E-state index contributed by atoms with van der Waals surface area (Å²) in [5.74, 6) is 0.922. The molecule has 0 aromatic rings. The SMILES string of the molecule is C[C@@H]1CCCCCN(C)C1. The summed E-state index contributed by atoms with van der Waals surface area (Å²) in [6.45, 7) is 4.98. The van der Waals surface area contributed by atoms with Crippen LogP contribution in [0.5, 0.6) is 0 Å². The highest BCUT2D eigenvalue weighted by Gasteiger charge is 2.08. The van der Waals surface area contributed by atoms with Gasteiger partial charge in [-0.3, -0.25) is 0 Å². The van der Waals surface area contributed by atoms with Crippen LogP contribution in [0.1, 0.15) is 32.6 Å². The van der Waals surface area contributed by atoms with E-state index in [0.717, 1.165) is 5.92 Å². The largest absolute Gasteiger partial charge is 0.306 e. The summed E-state index contributed by atoms with van der Waals surface area (Å²) in [4.78, 5) is 2.46. The van der Waals surface area contributed by atoms with Crippen molar-refractivity contribution in [2.24, 2.45) is 5.92 Å². The van der Waals surface area contributed by atoms with Crippen LogP contribution < -0.4 is 0 Å². The highest BCUT2D eigenvalue weighted by atomic mass is 15.1. The van der Waals surface area contributed by atoms with E-state index in [1.165, 1.54) is 38.8 Å². The molecule has 1 aliphatic rings. The molecule has 0 aliphatic carbocycles. The summed E-state index contributed by atoms with van der Waals surface area (Å²) >= 11 is 0. The van der Waals surface area contributed by atoms with Crippen molar-refractivity contribution in [3.63, 3.8) is 0 Å². The van der Waals surface area contributed by atoms with Crippen molar-refractivity contribution in [3.8, 4) is 0 Å². The molecule has 1 aliphatic heterocycles. The molecule has 1 fully saturated rings. The quantitative estimate of drug-likeness (QED) is 0.499. The van der Waals surface area contributed by atoms with Crippen molar-refractivity contribution in [1.29, 1.82) is 0 Å². The molecule has 1 rings (SSSR count). The standard InChI is InChI=1S/C9H19N/c1-9-6-4-3-5-7-10(2)8-9/h9H,3-8H2,1-2H3/t9-/m1/s1. The topological polar surface area (TPSA) is 3.24 Å². The van der Waals surface area contributed by atoms with Crippen LogP contribution in [-0.2, 0) is 0 Å². The Labute approximate surface area is 64.4 Å². The van der Waals surface area contributed by atoms with Gasteiger partial charge in [-0.1, -0.05) is 19.8 Å². The summed E-state index contributed by atoms with van der Waals surface area (Å²) in [6.07, 6.45) is 5.73. The lowest BCUT2D eigenvalue weighted by Gasteiger charge is -2.23. The zero-order valence-corrected chi connectivity index (χ0v) is 7.27. The second-order valence-corrected chi connectivity index (χ2v) is 3.72. The van der Waals surface area contributed by atoms with Crippen LogP contribution in [0.2, 0.25) is 0 Å². The maximum atomic E-state index is 2.46. The predicted octanol–water partition coefficient (Wildman–Crippen LogP) is 2.13. The third-order valence-electron chi connectivity index (χ3n) is 2.36. The lowest BCUT2D eigenvalue weighted by molar-refractivity contribution is 0.249. The second kappa shape index (κ2) is 3.97. The van der Waals surface area contributed by atoms with Gasteiger partial charge in [0.15, 0.2) is 0 Å². The van der Waals surface area contributed by atoms with Crippen molar-refractivity contribution in [3.05, 3.63) is 0 Å². The van der Waals surface area contributed by atoms with Gasteiger partial charge in [-0.15, -0.1) is 0 Å². The van der Waals surface area contributed by atoms with Crippen molar-refractivity contribution < 1.29 is 0 Å². The maximum absolute atomic E-state index is 2.46. The fourth-order valence-corrected chi connectivity index (χ4v) is 1.77. The Hall–Kier alpha value is -0.0400. The maximum Gasteiger partial charge on any atom is 0.000397 e. The Morgan fingerprint density at radius 2 is 2.00 bits per heavy atom. The van der Waals surface area contributed by atoms with Gasteiger partial charge in [-0.2, -0.15) is 0 Å². The van der Waals surface area contributed by atoms with Crippen LogP contribution in [0.3, 0.4) is 0 Å². The number of hydrogen-bond acceptors (Lipinski definition) is 1. The highest BCUT2D eigenvalue weighted by molar-refractivity contribution is 4.63. The molecule has 0 aromatic carbocycles. The van der Waals surface area contributed by atoms with Gasteiger partial charge in [0.25, 0.3) is 0 Å². The van der Waals surface area contributed by atoms with Crippen LogP contribution in [0.15, 0.2) is 0 Å². The smallest absolute Gasteiger partial charge is 0.000397 e. The first-order chi connectivity index (χ1) is 4.79. The number of rotatable bonds is 0. The van der Waals surface area contributed by atoms with Gasteiger partial charge in [-0.25, -0.2) is 0 Å². The first kappa shape index (κ1) is 8.06. The number of nitrogens with zero attached hydrogens (tertiary/aromatic N) is 1. The van der Waals surface area contributed by atoms with Gasteiger partial charge in [0, 0.05) is 6.54 Å². The summed E-state index contributed by atoms with van der Waals surface area (Å²) in [6, 6.07) is 0. The highest BCUT2D eigenvalue weighted by Crippen LogP contribution is 2.14. The monoisotopic (exact) mass is 141 g/mol. The van der Waals surface area contributed by atoms with E-state index in [9.17, 15) is 0 Å². The Balaban J connectivity index is 2.25. The Kier molecular flexibility index (Phi) is 3.20. The summed E-state index contributed by atoms with van der Waals surface area (Å²) in [7, 11) is 2.24. The molecular formula is C9H19N. The van der Waals surface area contributed by atoms with Crippen molar-refractivity contribution in [1.82, 2.24) is 4.90 Å². The van der Waals surface area contributed by atoms with Crippen LogP contribution in [0.25, 0.3) is 0 Å². The van der Waals surface area contributed by atoms with E-state index in [-0.39, 0.29) is 0 Å². The van der Waals surface area contributed by atoms with Crippen molar-refractivity contribution in [2.75, 3.05) is 20.1 Å². The molecule has 1 saturated heterocycles. The summed E-state index contributed by atoms with van der Waals surface area (Å²) in [5, 5.41) is 0. The molecule has 0 bridgehead atoms. The first-order valence-electron chi connectivity index (χ1n) is 4.47. The normalized spacial score (nSPS) is 31.2. The van der Waals surface area contributed by atoms with E-state index in [0.29, 0.717) is 0 Å². The molecule has 10 heavy (non-hydrogen) atoms. The van der Waals surface area contributed by atoms with Crippen molar-refractivity contribution in [2.45, 2.75) is 32.6 Å². The van der Waals surface area contributed by atoms with E-state index in [1.54, 1.807) is 0 Å². The second-order valence-electron chi connectivity index (χ2n) is 3.72. The molecule has 1 atom stereocenters. The number of likely N-dealkylation sites (tertiary alicyclic amines) is 1. The molecule has 0 N–H and O–H groups in total. The predicted molar refractivity (Wildman–Crippen MR) is 45.1 cm³/mol.